The second kappa shape index (κ2) is 4.80. The van der Waals surface area contributed by atoms with Gasteiger partial charge in [-0.3, -0.25) is 0 Å². The first kappa shape index (κ1) is 10.6. The fourth-order valence-electron chi connectivity index (χ4n) is 0. The van der Waals surface area contributed by atoms with Crippen LogP contribution in [-0.4, -0.2) is 14.7 Å². The van der Waals surface area contributed by atoms with E-state index in [2.05, 4.69) is 12.3 Å². The van der Waals surface area contributed by atoms with Gasteiger partial charge in [0.05, 0.1) is 0 Å². The summed E-state index contributed by atoms with van der Waals surface area (Å²) in [7, 11) is -4.64. The van der Waals surface area contributed by atoms with Crippen molar-refractivity contribution in [2.45, 2.75) is 0 Å². The molecular formula is C2H8NO4P. The molecule has 0 aromatic carbocycles. The predicted octanol–water partition coefficient (Wildman–Crippen LogP) is -0.840. The molecule has 0 amide bonds. The van der Waals surface area contributed by atoms with Crippen molar-refractivity contribution in [3.63, 3.8) is 0 Å². The smallest absolute Gasteiger partial charge is 0.405 e. The molecule has 0 radical (unpaired) electrons. The third-order valence-corrected chi connectivity index (χ3v) is 0. The Kier molecular flexibility index (Phi) is 6.36. The van der Waals surface area contributed by atoms with Crippen molar-refractivity contribution in [2.24, 2.45) is 5.73 Å². The van der Waals surface area contributed by atoms with Gasteiger partial charge in [-0.15, -0.1) is 0 Å². The molecule has 8 heavy (non-hydrogen) atoms. The van der Waals surface area contributed by atoms with Crippen LogP contribution in [0.15, 0.2) is 12.8 Å². The van der Waals surface area contributed by atoms with Crippen LogP contribution in [-0.2, 0) is 4.57 Å². The van der Waals surface area contributed by atoms with Crippen LogP contribution in [0.4, 0.5) is 0 Å². The number of hydrogen-bond acceptors (Lipinski definition) is 2. The third-order valence-electron chi connectivity index (χ3n) is 0. The Balaban J connectivity index is 0. The van der Waals surface area contributed by atoms with Gasteiger partial charge in [0.2, 0.25) is 0 Å². The van der Waals surface area contributed by atoms with Crippen LogP contribution in [0.25, 0.3) is 0 Å². The van der Waals surface area contributed by atoms with Crippen LogP contribution in [0, 0.1) is 0 Å². The van der Waals surface area contributed by atoms with Crippen molar-refractivity contribution < 1.29 is 19.2 Å². The molecule has 0 aliphatic heterocycles. The Morgan fingerprint density at radius 2 is 1.50 bits per heavy atom. The monoisotopic (exact) mass is 141 g/mol. The molecular weight excluding hydrogens is 133 g/mol. The summed E-state index contributed by atoms with van der Waals surface area (Å²) in [5, 5.41) is 0. The second-order valence-electron chi connectivity index (χ2n) is 0.749. The van der Waals surface area contributed by atoms with Gasteiger partial charge in [0, 0.05) is 0 Å². The quantitative estimate of drug-likeness (QED) is 0.329. The molecule has 0 aliphatic carbocycles. The summed E-state index contributed by atoms with van der Waals surface area (Å²) in [5.41, 5.74) is 4.61. The minimum atomic E-state index is -4.64. The fourth-order valence-corrected chi connectivity index (χ4v) is 0. The molecule has 50 valence electrons. The molecule has 5 nitrogen and oxygen atoms in total. The molecule has 0 spiro atoms. The molecule has 0 fully saturated rings. The van der Waals surface area contributed by atoms with E-state index in [4.69, 9.17) is 19.2 Å². The SMILES string of the molecule is C=CN.O=P(O)(O)O. The van der Waals surface area contributed by atoms with Gasteiger partial charge in [-0.1, -0.05) is 6.58 Å². The first-order chi connectivity index (χ1) is 3.41. The zero-order chi connectivity index (χ0) is 7.21. The summed E-state index contributed by atoms with van der Waals surface area (Å²) in [6.45, 7) is 3.14. The summed E-state index contributed by atoms with van der Waals surface area (Å²) in [6.07, 6.45) is 1.25. The average Bonchev–Trinajstić information content (AvgIpc) is 1.27. The highest BCUT2D eigenvalue weighted by Crippen LogP contribution is 2.25. The van der Waals surface area contributed by atoms with Crippen LogP contribution < -0.4 is 5.73 Å². The minimum absolute atomic E-state index is 1.25. The normalized spacial score (nSPS) is 8.88. The highest BCUT2D eigenvalue weighted by Gasteiger charge is 2.00. The van der Waals surface area contributed by atoms with Crippen LogP contribution in [0.5, 0.6) is 0 Å². The van der Waals surface area contributed by atoms with E-state index in [1.54, 1.807) is 0 Å². The fraction of sp³-hybridized carbons (Fsp3) is 0. The lowest BCUT2D eigenvalue weighted by Crippen LogP contribution is -1.67. The van der Waals surface area contributed by atoms with Gasteiger partial charge in [0.1, 0.15) is 0 Å². The van der Waals surface area contributed by atoms with Crippen molar-refractivity contribution in [3.05, 3.63) is 12.8 Å². The Bertz CT molecular complexity index is 87.9. The standard InChI is InChI=1S/C2H5N.H3O4P/c1-2-3;1-5(2,3)4/h2H,1,3H2;(H3,1,2,3,4). The van der Waals surface area contributed by atoms with Crippen molar-refractivity contribution >= 4 is 7.82 Å². The second-order valence-corrected chi connectivity index (χ2v) is 1.78. The zero-order valence-electron chi connectivity index (χ0n) is 4.06. The van der Waals surface area contributed by atoms with Crippen LogP contribution in [0.2, 0.25) is 0 Å². The lowest BCUT2D eigenvalue weighted by Gasteiger charge is -1.82. The number of hydrogen-bond donors (Lipinski definition) is 4. The van der Waals surface area contributed by atoms with Crippen LogP contribution in [0.3, 0.4) is 0 Å². The van der Waals surface area contributed by atoms with E-state index in [-0.39, 0.29) is 0 Å². The summed E-state index contributed by atoms with van der Waals surface area (Å²) < 4.78 is 8.88. The largest absolute Gasteiger partial charge is 0.466 e. The predicted molar refractivity (Wildman–Crippen MR) is 28.6 cm³/mol. The minimum Gasteiger partial charge on any atom is -0.405 e. The summed E-state index contributed by atoms with van der Waals surface area (Å²) in [6, 6.07) is 0. The lowest BCUT2D eigenvalue weighted by atomic mass is 11.1. The van der Waals surface area contributed by atoms with Gasteiger partial charge in [-0.2, -0.15) is 0 Å². The van der Waals surface area contributed by atoms with E-state index < -0.39 is 7.82 Å². The van der Waals surface area contributed by atoms with E-state index in [0.717, 1.165) is 0 Å². The van der Waals surface area contributed by atoms with E-state index in [0.29, 0.717) is 0 Å². The summed E-state index contributed by atoms with van der Waals surface area (Å²) in [4.78, 5) is 21.6. The van der Waals surface area contributed by atoms with Gasteiger partial charge in [-0.05, 0) is 6.20 Å². The molecule has 0 saturated carbocycles. The highest BCUT2D eigenvalue weighted by atomic mass is 31.2. The van der Waals surface area contributed by atoms with Crippen molar-refractivity contribution in [2.75, 3.05) is 0 Å². The first-order valence-electron chi connectivity index (χ1n) is 1.52. The van der Waals surface area contributed by atoms with E-state index in [1.807, 2.05) is 0 Å². The maximum atomic E-state index is 8.88. The maximum absolute atomic E-state index is 8.88. The van der Waals surface area contributed by atoms with Gasteiger partial charge in [-0.25, -0.2) is 4.57 Å². The maximum Gasteiger partial charge on any atom is 0.466 e. The molecule has 0 aromatic rings. The van der Waals surface area contributed by atoms with Crippen molar-refractivity contribution in [1.82, 2.24) is 0 Å². The molecule has 0 saturated heterocycles. The molecule has 0 rings (SSSR count). The van der Waals surface area contributed by atoms with Crippen molar-refractivity contribution in [1.29, 1.82) is 0 Å². The molecule has 0 aliphatic rings. The Morgan fingerprint density at radius 3 is 1.50 bits per heavy atom. The molecule has 5 N–H and O–H groups in total. The summed E-state index contributed by atoms with van der Waals surface area (Å²) in [5.74, 6) is 0. The van der Waals surface area contributed by atoms with Gasteiger partial charge >= 0.3 is 7.82 Å². The van der Waals surface area contributed by atoms with E-state index in [9.17, 15) is 0 Å². The Labute approximate surface area is 46.7 Å². The lowest BCUT2D eigenvalue weighted by molar-refractivity contribution is 0.275. The van der Waals surface area contributed by atoms with Gasteiger partial charge < -0.3 is 20.4 Å². The number of nitrogens with two attached hydrogens (primary N) is 1. The Morgan fingerprint density at radius 1 is 1.50 bits per heavy atom. The van der Waals surface area contributed by atoms with Crippen LogP contribution in [0.1, 0.15) is 0 Å². The molecule has 0 heterocycles. The van der Waals surface area contributed by atoms with Gasteiger partial charge in [0.15, 0.2) is 0 Å². The average molecular weight is 141 g/mol. The van der Waals surface area contributed by atoms with Crippen molar-refractivity contribution in [3.8, 4) is 0 Å². The van der Waals surface area contributed by atoms with Crippen LogP contribution >= 0.6 is 7.82 Å². The summed E-state index contributed by atoms with van der Waals surface area (Å²) >= 11 is 0. The van der Waals surface area contributed by atoms with Gasteiger partial charge in [0.25, 0.3) is 0 Å². The van der Waals surface area contributed by atoms with E-state index >= 15 is 0 Å². The number of phosphoric acid groups is 1. The molecule has 0 aromatic heterocycles. The van der Waals surface area contributed by atoms with E-state index in [1.165, 1.54) is 6.20 Å². The molecule has 0 bridgehead atoms. The number of rotatable bonds is 0. The topological polar surface area (TPSA) is 104 Å². The third kappa shape index (κ3) is 997. The molecule has 6 heteroatoms. The first-order valence-corrected chi connectivity index (χ1v) is 3.09. The Hall–Kier alpha value is -0.350. The molecule has 0 atom stereocenters. The zero-order valence-corrected chi connectivity index (χ0v) is 4.95. The highest BCUT2D eigenvalue weighted by molar-refractivity contribution is 7.45. The molecule has 0 unspecified atom stereocenters.